The first-order valence-electron chi connectivity index (χ1n) is 5.56. The van der Waals surface area contributed by atoms with Crippen LogP contribution in [0, 0.1) is 6.92 Å². The summed E-state index contributed by atoms with van der Waals surface area (Å²) < 4.78 is 5.38. The molecule has 1 aromatic heterocycles. The van der Waals surface area contributed by atoms with Crippen molar-refractivity contribution in [2.24, 2.45) is 0 Å². The molecule has 0 bridgehead atoms. The van der Waals surface area contributed by atoms with E-state index in [2.05, 4.69) is 0 Å². The van der Waals surface area contributed by atoms with E-state index >= 15 is 0 Å². The lowest BCUT2D eigenvalue weighted by molar-refractivity contribution is 0.0926. The normalized spacial score (nSPS) is 10.8. The molecule has 112 valence electrons. The Morgan fingerprint density at radius 3 is 2.00 bits per heavy atom. The number of hydrogen-bond donors (Lipinski definition) is 0. The van der Waals surface area contributed by atoms with Crippen molar-refractivity contribution in [1.29, 1.82) is 0 Å². The van der Waals surface area contributed by atoms with Gasteiger partial charge in [0.05, 0.1) is 19.9 Å². The van der Waals surface area contributed by atoms with Gasteiger partial charge in [-0.1, -0.05) is 58.0 Å². The van der Waals surface area contributed by atoms with E-state index in [9.17, 15) is 4.79 Å². The number of carbonyl (C=O) groups is 1. The van der Waals surface area contributed by atoms with Gasteiger partial charge in [0.2, 0.25) is 5.78 Å². The molecule has 2 rings (SSSR count). The Morgan fingerprint density at radius 1 is 1.00 bits per heavy atom. The Hall–Kier alpha value is -0.160. The van der Waals surface area contributed by atoms with E-state index in [4.69, 9.17) is 62.7 Å². The molecule has 0 aliphatic carbocycles. The highest BCUT2D eigenvalue weighted by atomic mass is 35.5. The Morgan fingerprint density at radius 2 is 1.52 bits per heavy atom. The number of carbonyl (C=O) groups excluding carboxylic acids is 1. The molecule has 2 nitrogen and oxygen atoms in total. The summed E-state index contributed by atoms with van der Waals surface area (Å²) in [6.45, 7) is 1.68. The highest BCUT2D eigenvalue weighted by molar-refractivity contribution is 7.14. The third-order valence-corrected chi connectivity index (χ3v) is 5.82. The maximum atomic E-state index is 12.0. The lowest BCUT2D eigenvalue weighted by atomic mass is 10.3. The predicted molar refractivity (Wildman–Crippen MR) is 90.4 cm³/mol. The largest absolute Gasteiger partial charge is 0.482 e. The van der Waals surface area contributed by atoms with Gasteiger partial charge < -0.3 is 4.74 Å². The van der Waals surface area contributed by atoms with Crippen LogP contribution in [0.2, 0.25) is 25.1 Å². The molecule has 1 aromatic carbocycles. The maximum Gasteiger partial charge on any atom is 0.210 e. The fraction of sp³-hybridized carbons (Fsp3) is 0.154. The summed E-state index contributed by atoms with van der Waals surface area (Å²) in [7, 11) is 0. The van der Waals surface area contributed by atoms with Crippen molar-refractivity contribution in [1.82, 2.24) is 0 Å². The average Bonchev–Trinajstić information content (AvgIpc) is 2.89. The minimum Gasteiger partial charge on any atom is -0.482 e. The number of rotatable bonds is 4. The molecule has 0 atom stereocenters. The summed E-state index contributed by atoms with van der Waals surface area (Å²) in [6.07, 6.45) is 0. The second-order valence-electron chi connectivity index (χ2n) is 4.02. The number of Topliss-reactive ketones (excluding diaryl/α,β-unsaturated/α-hetero) is 1. The SMILES string of the molecule is Cc1ccc(C(=O)COc2c(Cl)c(Cl)c(Cl)c(Cl)c2Cl)s1. The van der Waals surface area contributed by atoms with Gasteiger partial charge in [-0.3, -0.25) is 4.79 Å². The van der Waals surface area contributed by atoms with E-state index in [1.807, 2.05) is 13.0 Å². The molecule has 0 saturated heterocycles. The Balaban J connectivity index is 2.23. The molecule has 0 aliphatic rings. The van der Waals surface area contributed by atoms with Gasteiger partial charge in [0, 0.05) is 4.88 Å². The van der Waals surface area contributed by atoms with Crippen LogP contribution in [0.3, 0.4) is 0 Å². The minimum atomic E-state index is -0.228. The lowest BCUT2D eigenvalue weighted by Crippen LogP contribution is -2.10. The van der Waals surface area contributed by atoms with Gasteiger partial charge in [0.25, 0.3) is 0 Å². The Labute approximate surface area is 150 Å². The van der Waals surface area contributed by atoms with Crippen LogP contribution in [-0.4, -0.2) is 12.4 Å². The van der Waals surface area contributed by atoms with E-state index in [0.29, 0.717) is 4.88 Å². The first-order valence-corrected chi connectivity index (χ1v) is 8.27. The molecule has 0 N–H and O–H groups in total. The van der Waals surface area contributed by atoms with Crippen molar-refractivity contribution in [2.75, 3.05) is 6.61 Å². The van der Waals surface area contributed by atoms with Gasteiger partial charge in [0.15, 0.2) is 12.4 Å². The van der Waals surface area contributed by atoms with Crippen molar-refractivity contribution >= 4 is 75.1 Å². The predicted octanol–water partition coefficient (Wildman–Crippen LogP) is 6.59. The monoisotopic (exact) mass is 402 g/mol. The quantitative estimate of drug-likeness (QED) is 0.327. The smallest absolute Gasteiger partial charge is 0.210 e. The fourth-order valence-electron chi connectivity index (χ4n) is 1.50. The van der Waals surface area contributed by atoms with Crippen LogP contribution in [0.25, 0.3) is 0 Å². The second-order valence-corrected chi connectivity index (χ2v) is 7.20. The van der Waals surface area contributed by atoms with E-state index in [1.54, 1.807) is 6.07 Å². The zero-order chi connectivity index (χ0) is 15.7. The summed E-state index contributed by atoms with van der Waals surface area (Å²) in [5.74, 6) is -0.151. The molecule has 0 amide bonds. The number of ether oxygens (including phenoxy) is 1. The molecular weight excluding hydrogens is 397 g/mol. The summed E-state index contributed by atoms with van der Waals surface area (Å²) in [5.41, 5.74) is 0. The molecule has 21 heavy (non-hydrogen) atoms. The third kappa shape index (κ3) is 3.61. The molecule has 0 fully saturated rings. The molecule has 8 heteroatoms. The molecule has 0 aliphatic heterocycles. The molecule has 1 heterocycles. The molecule has 0 radical (unpaired) electrons. The van der Waals surface area contributed by atoms with Crippen LogP contribution >= 0.6 is 69.3 Å². The van der Waals surface area contributed by atoms with E-state index in [0.717, 1.165) is 4.88 Å². The number of thiophene rings is 1. The molecule has 0 unspecified atom stereocenters. The van der Waals surface area contributed by atoms with Gasteiger partial charge in [-0.05, 0) is 19.1 Å². The molecular formula is C13H7Cl5O2S. The van der Waals surface area contributed by atoms with Gasteiger partial charge in [0.1, 0.15) is 10.0 Å². The van der Waals surface area contributed by atoms with Crippen molar-refractivity contribution in [3.63, 3.8) is 0 Å². The molecule has 2 aromatic rings. The van der Waals surface area contributed by atoms with Gasteiger partial charge in [-0.15, -0.1) is 11.3 Å². The van der Waals surface area contributed by atoms with Crippen LogP contribution in [0.4, 0.5) is 0 Å². The van der Waals surface area contributed by atoms with Crippen molar-refractivity contribution < 1.29 is 9.53 Å². The van der Waals surface area contributed by atoms with E-state index < -0.39 is 0 Å². The van der Waals surface area contributed by atoms with Crippen LogP contribution in [-0.2, 0) is 0 Å². The summed E-state index contributed by atoms with van der Waals surface area (Å²) in [5, 5.41) is 0.141. The van der Waals surface area contributed by atoms with Crippen molar-refractivity contribution in [2.45, 2.75) is 6.92 Å². The lowest BCUT2D eigenvalue weighted by Gasteiger charge is -2.13. The van der Waals surface area contributed by atoms with E-state index in [1.165, 1.54) is 11.3 Å². The van der Waals surface area contributed by atoms with Crippen molar-refractivity contribution in [3.05, 3.63) is 47.0 Å². The van der Waals surface area contributed by atoms with Crippen LogP contribution in [0.1, 0.15) is 14.5 Å². The van der Waals surface area contributed by atoms with E-state index in [-0.39, 0.29) is 43.3 Å². The number of ketones is 1. The van der Waals surface area contributed by atoms with Gasteiger partial charge in [-0.25, -0.2) is 0 Å². The highest BCUT2D eigenvalue weighted by Crippen LogP contribution is 2.48. The zero-order valence-electron chi connectivity index (χ0n) is 10.5. The number of hydrogen-bond acceptors (Lipinski definition) is 3. The van der Waals surface area contributed by atoms with Gasteiger partial charge in [-0.2, -0.15) is 0 Å². The second kappa shape index (κ2) is 6.95. The number of halogens is 5. The maximum absolute atomic E-state index is 12.0. The van der Waals surface area contributed by atoms with Crippen LogP contribution < -0.4 is 4.74 Å². The fourth-order valence-corrected chi connectivity index (χ4v) is 3.53. The third-order valence-electron chi connectivity index (χ3n) is 2.53. The number of aryl methyl sites for hydroxylation is 1. The average molecular weight is 405 g/mol. The molecule has 0 saturated carbocycles. The first-order chi connectivity index (χ1) is 9.82. The van der Waals surface area contributed by atoms with Crippen LogP contribution in [0.5, 0.6) is 5.75 Å². The Bertz CT molecular complexity index is 682. The highest BCUT2D eigenvalue weighted by Gasteiger charge is 2.21. The summed E-state index contributed by atoms with van der Waals surface area (Å²) in [4.78, 5) is 13.6. The Kier molecular flexibility index (Phi) is 5.69. The zero-order valence-corrected chi connectivity index (χ0v) is 15.1. The standard InChI is InChI=1S/C13H7Cl5O2S/c1-5-2-3-7(21-5)6(19)4-20-13-11(17)9(15)8(14)10(16)12(13)18/h2-3H,4H2,1H3. The first kappa shape index (κ1) is 17.2. The van der Waals surface area contributed by atoms with Gasteiger partial charge >= 0.3 is 0 Å². The van der Waals surface area contributed by atoms with Crippen molar-refractivity contribution in [3.8, 4) is 5.75 Å². The van der Waals surface area contributed by atoms with Crippen LogP contribution in [0.15, 0.2) is 12.1 Å². The topological polar surface area (TPSA) is 26.3 Å². The molecule has 0 spiro atoms. The number of benzene rings is 1. The minimum absolute atomic E-state index is 0.0197. The summed E-state index contributed by atoms with van der Waals surface area (Å²) >= 11 is 31.1. The summed E-state index contributed by atoms with van der Waals surface area (Å²) in [6, 6.07) is 3.59.